The van der Waals surface area contributed by atoms with Crippen molar-refractivity contribution >= 4 is 11.3 Å². The van der Waals surface area contributed by atoms with Crippen molar-refractivity contribution in [1.82, 2.24) is 10.3 Å². The van der Waals surface area contributed by atoms with Crippen LogP contribution in [-0.4, -0.2) is 16.1 Å². The lowest BCUT2D eigenvalue weighted by Gasteiger charge is -1.99. The largest absolute Gasteiger partial charge is 0.508 e. The number of phenols is 1. The van der Waals surface area contributed by atoms with Gasteiger partial charge in [0, 0.05) is 35.3 Å². The van der Waals surface area contributed by atoms with Gasteiger partial charge >= 0.3 is 0 Å². The van der Waals surface area contributed by atoms with Crippen molar-refractivity contribution < 1.29 is 9.50 Å². The summed E-state index contributed by atoms with van der Waals surface area (Å²) in [7, 11) is 0. The van der Waals surface area contributed by atoms with Crippen molar-refractivity contribution in [3.63, 3.8) is 0 Å². The maximum atomic E-state index is 13.2. The summed E-state index contributed by atoms with van der Waals surface area (Å²) in [5.41, 5.74) is 0.621. The fourth-order valence-corrected chi connectivity index (χ4v) is 2.60. The first-order chi connectivity index (χ1) is 8.70. The Bertz CT molecular complexity index is 546. The molecule has 0 unspecified atom stereocenters. The first-order valence-electron chi connectivity index (χ1n) is 5.89. The van der Waals surface area contributed by atoms with Crippen LogP contribution in [0.15, 0.2) is 24.4 Å². The van der Waals surface area contributed by atoms with Crippen LogP contribution in [0.1, 0.15) is 17.7 Å². The van der Waals surface area contributed by atoms with Gasteiger partial charge in [0.25, 0.3) is 0 Å². The van der Waals surface area contributed by atoms with Gasteiger partial charge in [-0.15, -0.1) is 11.3 Å². The molecule has 0 radical (unpaired) electrons. The van der Waals surface area contributed by atoms with E-state index in [2.05, 4.69) is 10.3 Å². The van der Waals surface area contributed by atoms with Crippen LogP contribution < -0.4 is 5.32 Å². The standard InChI is InChI=1S/C13H13FN2OS/c14-9-3-8(4-11(17)5-9)13-16-7-12(18-13)6-15-10-1-2-10/h3-5,7,10,15,17H,1-2,6H2. The Kier molecular flexibility index (Phi) is 3.01. The molecule has 1 aromatic carbocycles. The minimum absolute atomic E-state index is 0.0714. The van der Waals surface area contributed by atoms with E-state index in [1.807, 2.05) is 0 Å². The van der Waals surface area contributed by atoms with E-state index in [1.165, 1.54) is 36.3 Å². The fraction of sp³-hybridized carbons (Fsp3) is 0.308. The van der Waals surface area contributed by atoms with Gasteiger partial charge in [-0.05, 0) is 25.0 Å². The number of nitrogens with zero attached hydrogens (tertiary/aromatic N) is 1. The van der Waals surface area contributed by atoms with E-state index in [1.54, 1.807) is 6.20 Å². The molecule has 94 valence electrons. The van der Waals surface area contributed by atoms with Crippen molar-refractivity contribution in [3.05, 3.63) is 35.1 Å². The van der Waals surface area contributed by atoms with E-state index in [0.29, 0.717) is 11.6 Å². The average Bonchev–Trinajstić information content (AvgIpc) is 3.02. The Morgan fingerprint density at radius 1 is 1.39 bits per heavy atom. The second-order valence-corrected chi connectivity index (χ2v) is 5.60. The number of nitrogens with one attached hydrogen (secondary N) is 1. The zero-order valence-corrected chi connectivity index (χ0v) is 10.5. The second kappa shape index (κ2) is 4.66. The summed E-state index contributed by atoms with van der Waals surface area (Å²) in [4.78, 5) is 5.39. The molecular formula is C13H13FN2OS. The number of aromatic hydroxyl groups is 1. The SMILES string of the molecule is Oc1cc(F)cc(-c2ncc(CNC3CC3)s2)c1. The summed E-state index contributed by atoms with van der Waals surface area (Å²) in [6.07, 6.45) is 4.31. The molecule has 1 aliphatic rings. The van der Waals surface area contributed by atoms with Gasteiger partial charge in [-0.25, -0.2) is 9.37 Å². The molecule has 0 spiro atoms. The molecule has 18 heavy (non-hydrogen) atoms. The molecule has 1 aliphatic carbocycles. The summed E-state index contributed by atoms with van der Waals surface area (Å²) in [5, 5.41) is 13.5. The number of hydrogen-bond acceptors (Lipinski definition) is 4. The topological polar surface area (TPSA) is 45.2 Å². The maximum Gasteiger partial charge on any atom is 0.127 e. The predicted molar refractivity (Wildman–Crippen MR) is 69.0 cm³/mol. The summed E-state index contributed by atoms with van der Waals surface area (Å²) < 4.78 is 13.2. The first-order valence-corrected chi connectivity index (χ1v) is 6.70. The highest BCUT2D eigenvalue weighted by atomic mass is 32.1. The first kappa shape index (κ1) is 11.6. The maximum absolute atomic E-state index is 13.2. The van der Waals surface area contributed by atoms with Gasteiger partial charge in [0.05, 0.1) is 0 Å². The zero-order chi connectivity index (χ0) is 12.5. The Balaban J connectivity index is 1.78. The molecular weight excluding hydrogens is 251 g/mol. The van der Waals surface area contributed by atoms with Crippen LogP contribution in [-0.2, 0) is 6.54 Å². The van der Waals surface area contributed by atoms with Crippen LogP contribution in [0.25, 0.3) is 10.6 Å². The number of benzene rings is 1. The van der Waals surface area contributed by atoms with Crippen molar-refractivity contribution in [2.45, 2.75) is 25.4 Å². The van der Waals surface area contributed by atoms with Gasteiger partial charge in [0.2, 0.25) is 0 Å². The monoisotopic (exact) mass is 264 g/mol. The summed E-state index contributed by atoms with van der Waals surface area (Å²) in [5.74, 6) is -0.518. The zero-order valence-electron chi connectivity index (χ0n) is 9.69. The van der Waals surface area contributed by atoms with Crippen molar-refractivity contribution in [2.75, 3.05) is 0 Å². The number of rotatable bonds is 4. The Morgan fingerprint density at radius 2 is 2.22 bits per heavy atom. The van der Waals surface area contributed by atoms with Gasteiger partial charge in [0.15, 0.2) is 0 Å². The smallest absolute Gasteiger partial charge is 0.127 e. The van der Waals surface area contributed by atoms with Crippen LogP contribution in [0.3, 0.4) is 0 Å². The number of thiazole rings is 1. The van der Waals surface area contributed by atoms with E-state index in [-0.39, 0.29) is 5.75 Å². The molecule has 0 amide bonds. The highest BCUT2D eigenvalue weighted by Gasteiger charge is 2.20. The average molecular weight is 264 g/mol. The van der Waals surface area contributed by atoms with Crippen LogP contribution in [0.5, 0.6) is 5.75 Å². The molecule has 1 saturated carbocycles. The van der Waals surface area contributed by atoms with Gasteiger partial charge in [-0.3, -0.25) is 0 Å². The number of phenolic OH excluding ortho intramolecular Hbond substituents is 1. The minimum Gasteiger partial charge on any atom is -0.508 e. The summed E-state index contributed by atoms with van der Waals surface area (Å²) >= 11 is 1.52. The lowest BCUT2D eigenvalue weighted by molar-refractivity contribution is 0.469. The molecule has 2 aromatic rings. The van der Waals surface area contributed by atoms with Crippen LogP contribution in [0, 0.1) is 5.82 Å². The van der Waals surface area contributed by atoms with E-state index in [0.717, 1.165) is 22.5 Å². The van der Waals surface area contributed by atoms with E-state index in [9.17, 15) is 9.50 Å². The van der Waals surface area contributed by atoms with E-state index in [4.69, 9.17) is 0 Å². The summed E-state index contributed by atoms with van der Waals surface area (Å²) in [6, 6.07) is 4.66. The highest BCUT2D eigenvalue weighted by Crippen LogP contribution is 2.29. The molecule has 1 fully saturated rings. The molecule has 0 aliphatic heterocycles. The normalized spacial score (nSPS) is 14.9. The van der Waals surface area contributed by atoms with Gasteiger partial charge in [-0.1, -0.05) is 0 Å². The number of aromatic nitrogens is 1. The van der Waals surface area contributed by atoms with Crippen LogP contribution >= 0.6 is 11.3 Å². The lowest BCUT2D eigenvalue weighted by atomic mass is 10.2. The molecule has 1 heterocycles. The van der Waals surface area contributed by atoms with Crippen LogP contribution in [0.4, 0.5) is 4.39 Å². The van der Waals surface area contributed by atoms with E-state index >= 15 is 0 Å². The third-order valence-electron chi connectivity index (χ3n) is 2.83. The van der Waals surface area contributed by atoms with Crippen molar-refractivity contribution in [2.24, 2.45) is 0 Å². The van der Waals surface area contributed by atoms with E-state index < -0.39 is 5.82 Å². The minimum atomic E-state index is -0.446. The Labute approximate surface area is 108 Å². The van der Waals surface area contributed by atoms with Crippen LogP contribution in [0.2, 0.25) is 0 Å². The third-order valence-corrected chi connectivity index (χ3v) is 3.87. The number of halogens is 1. The molecule has 0 bridgehead atoms. The fourth-order valence-electron chi connectivity index (χ4n) is 1.75. The molecule has 3 nitrogen and oxygen atoms in total. The third kappa shape index (κ3) is 2.68. The molecule has 0 saturated heterocycles. The highest BCUT2D eigenvalue weighted by molar-refractivity contribution is 7.15. The summed E-state index contributed by atoms with van der Waals surface area (Å²) in [6.45, 7) is 0.809. The predicted octanol–water partition coefficient (Wildman–Crippen LogP) is 2.91. The Morgan fingerprint density at radius 3 is 2.94 bits per heavy atom. The van der Waals surface area contributed by atoms with Gasteiger partial charge in [-0.2, -0.15) is 0 Å². The number of hydrogen-bond donors (Lipinski definition) is 2. The van der Waals surface area contributed by atoms with Gasteiger partial charge < -0.3 is 10.4 Å². The molecule has 2 N–H and O–H groups in total. The molecule has 1 aromatic heterocycles. The quantitative estimate of drug-likeness (QED) is 0.892. The van der Waals surface area contributed by atoms with Crippen molar-refractivity contribution in [1.29, 1.82) is 0 Å². The van der Waals surface area contributed by atoms with Gasteiger partial charge in [0.1, 0.15) is 16.6 Å². The second-order valence-electron chi connectivity index (χ2n) is 4.49. The van der Waals surface area contributed by atoms with Crippen molar-refractivity contribution in [3.8, 4) is 16.3 Å². The molecule has 0 atom stereocenters. The molecule has 3 rings (SSSR count). The molecule has 5 heteroatoms. The Hall–Kier alpha value is -1.46. The lowest BCUT2D eigenvalue weighted by Crippen LogP contribution is -2.14.